The van der Waals surface area contributed by atoms with Gasteiger partial charge < -0.3 is 24.8 Å². The van der Waals surface area contributed by atoms with Gasteiger partial charge in [0, 0.05) is 12.2 Å². The number of anilines is 1. The van der Waals surface area contributed by atoms with Crippen LogP contribution in [0.15, 0.2) is 42.5 Å². The Bertz CT molecular complexity index is 954. The SMILES string of the molecule is COC(=O)c1cccc(NC(=O)C(C)(C)C(=O)NCc2ccc3c(c2)OCO3)c1. The number of amides is 2. The molecule has 0 bridgehead atoms. The molecule has 0 radical (unpaired) electrons. The fraction of sp³-hybridized carbons (Fsp3) is 0.286. The van der Waals surface area contributed by atoms with Crippen LogP contribution in [0.4, 0.5) is 5.69 Å². The highest BCUT2D eigenvalue weighted by Gasteiger charge is 2.36. The Labute approximate surface area is 168 Å². The topological polar surface area (TPSA) is 103 Å². The van der Waals surface area contributed by atoms with Crippen LogP contribution >= 0.6 is 0 Å². The van der Waals surface area contributed by atoms with Gasteiger partial charge in [-0.1, -0.05) is 12.1 Å². The van der Waals surface area contributed by atoms with Crippen LogP contribution in [-0.2, 0) is 20.9 Å². The van der Waals surface area contributed by atoms with Crippen LogP contribution in [0.25, 0.3) is 0 Å². The predicted octanol–water partition coefficient (Wildman–Crippen LogP) is 2.48. The molecule has 2 aromatic rings. The third kappa shape index (κ3) is 4.48. The minimum Gasteiger partial charge on any atom is -0.465 e. The zero-order valence-corrected chi connectivity index (χ0v) is 16.4. The molecule has 0 fully saturated rings. The first kappa shape index (κ1) is 20.2. The summed E-state index contributed by atoms with van der Waals surface area (Å²) in [6, 6.07) is 11.7. The summed E-state index contributed by atoms with van der Waals surface area (Å²) in [5.74, 6) is -0.158. The quantitative estimate of drug-likeness (QED) is 0.572. The van der Waals surface area contributed by atoms with Crippen molar-refractivity contribution >= 4 is 23.5 Å². The molecule has 0 spiro atoms. The normalized spacial score (nSPS) is 12.2. The van der Waals surface area contributed by atoms with Crippen LogP contribution in [0.2, 0.25) is 0 Å². The van der Waals surface area contributed by atoms with Crippen LogP contribution in [0, 0.1) is 5.41 Å². The molecule has 0 saturated carbocycles. The average Bonchev–Trinajstić information content (AvgIpc) is 3.19. The molecule has 8 heteroatoms. The fourth-order valence-electron chi connectivity index (χ4n) is 2.69. The molecule has 0 atom stereocenters. The van der Waals surface area contributed by atoms with E-state index in [-0.39, 0.29) is 13.3 Å². The molecule has 8 nitrogen and oxygen atoms in total. The summed E-state index contributed by atoms with van der Waals surface area (Å²) in [4.78, 5) is 36.9. The van der Waals surface area contributed by atoms with E-state index in [2.05, 4.69) is 15.4 Å². The Balaban J connectivity index is 1.62. The molecule has 0 saturated heterocycles. The van der Waals surface area contributed by atoms with Crippen molar-refractivity contribution in [2.45, 2.75) is 20.4 Å². The highest BCUT2D eigenvalue weighted by molar-refractivity contribution is 6.10. The summed E-state index contributed by atoms with van der Waals surface area (Å²) in [6.07, 6.45) is 0. The number of carbonyl (C=O) groups is 3. The van der Waals surface area contributed by atoms with Gasteiger partial charge in [-0.25, -0.2) is 4.79 Å². The van der Waals surface area contributed by atoms with Crippen molar-refractivity contribution in [1.29, 1.82) is 0 Å². The zero-order chi connectivity index (χ0) is 21.0. The second kappa shape index (κ2) is 8.22. The summed E-state index contributed by atoms with van der Waals surface area (Å²) in [5, 5.41) is 5.44. The first-order valence-electron chi connectivity index (χ1n) is 8.98. The molecule has 1 heterocycles. The van der Waals surface area contributed by atoms with Crippen molar-refractivity contribution < 1.29 is 28.6 Å². The Morgan fingerprint density at radius 2 is 1.79 bits per heavy atom. The number of nitrogens with one attached hydrogen (secondary N) is 2. The number of carbonyl (C=O) groups excluding carboxylic acids is 3. The maximum Gasteiger partial charge on any atom is 0.337 e. The van der Waals surface area contributed by atoms with E-state index < -0.39 is 23.2 Å². The van der Waals surface area contributed by atoms with Gasteiger partial charge in [0.05, 0.1) is 12.7 Å². The van der Waals surface area contributed by atoms with E-state index in [1.165, 1.54) is 27.0 Å². The van der Waals surface area contributed by atoms with Crippen molar-refractivity contribution in [3.05, 3.63) is 53.6 Å². The lowest BCUT2D eigenvalue weighted by atomic mass is 9.90. The number of fused-ring (bicyclic) bond motifs is 1. The van der Waals surface area contributed by atoms with Gasteiger partial charge >= 0.3 is 5.97 Å². The number of hydrogen-bond acceptors (Lipinski definition) is 6. The summed E-state index contributed by atoms with van der Waals surface area (Å²) < 4.78 is 15.3. The van der Waals surface area contributed by atoms with Gasteiger partial charge in [0.1, 0.15) is 5.41 Å². The molecule has 29 heavy (non-hydrogen) atoms. The summed E-state index contributed by atoms with van der Waals surface area (Å²) >= 11 is 0. The van der Waals surface area contributed by atoms with E-state index in [1.54, 1.807) is 30.3 Å². The average molecular weight is 398 g/mol. The third-order valence-corrected chi connectivity index (χ3v) is 4.57. The largest absolute Gasteiger partial charge is 0.465 e. The highest BCUT2D eigenvalue weighted by atomic mass is 16.7. The fourth-order valence-corrected chi connectivity index (χ4v) is 2.69. The highest BCUT2D eigenvalue weighted by Crippen LogP contribution is 2.32. The molecule has 2 amide bonds. The second-order valence-electron chi connectivity index (χ2n) is 7.02. The van der Waals surface area contributed by atoms with E-state index in [0.29, 0.717) is 22.7 Å². The Hall–Kier alpha value is -3.55. The minimum absolute atomic E-state index is 0.176. The van der Waals surface area contributed by atoms with Crippen molar-refractivity contribution in [1.82, 2.24) is 5.32 Å². The number of hydrogen-bond donors (Lipinski definition) is 2. The molecular weight excluding hydrogens is 376 g/mol. The van der Waals surface area contributed by atoms with Crippen LogP contribution in [0.5, 0.6) is 11.5 Å². The standard InChI is InChI=1S/C21H22N2O6/c1-21(2,20(26)23-15-6-4-5-14(10-15)18(24)27-3)19(25)22-11-13-7-8-16-17(9-13)29-12-28-16/h4-10H,11-12H2,1-3H3,(H,22,25)(H,23,26). The molecular formula is C21H22N2O6. The van der Waals surface area contributed by atoms with Gasteiger partial charge in [0.15, 0.2) is 11.5 Å². The van der Waals surface area contributed by atoms with Crippen LogP contribution in [0.1, 0.15) is 29.8 Å². The van der Waals surface area contributed by atoms with Crippen LogP contribution < -0.4 is 20.1 Å². The molecule has 152 valence electrons. The summed E-state index contributed by atoms with van der Waals surface area (Å²) in [7, 11) is 1.28. The van der Waals surface area contributed by atoms with Gasteiger partial charge in [-0.05, 0) is 49.7 Å². The Morgan fingerprint density at radius 3 is 2.55 bits per heavy atom. The van der Waals surface area contributed by atoms with E-state index in [9.17, 15) is 14.4 Å². The third-order valence-electron chi connectivity index (χ3n) is 4.57. The van der Waals surface area contributed by atoms with E-state index in [4.69, 9.17) is 9.47 Å². The first-order chi connectivity index (χ1) is 13.8. The van der Waals surface area contributed by atoms with E-state index in [0.717, 1.165) is 5.56 Å². The molecule has 3 rings (SSSR count). The maximum atomic E-state index is 12.7. The Morgan fingerprint density at radius 1 is 1.03 bits per heavy atom. The number of methoxy groups -OCH3 is 1. The summed E-state index contributed by atoms with van der Waals surface area (Å²) in [6.45, 7) is 3.47. The molecule has 0 unspecified atom stereocenters. The van der Waals surface area contributed by atoms with Crippen molar-refractivity contribution in [2.75, 3.05) is 19.2 Å². The molecule has 0 aliphatic carbocycles. The van der Waals surface area contributed by atoms with Gasteiger partial charge in [0.25, 0.3) is 0 Å². The lowest BCUT2D eigenvalue weighted by molar-refractivity contribution is -0.138. The smallest absolute Gasteiger partial charge is 0.337 e. The van der Waals surface area contributed by atoms with Crippen LogP contribution in [0.3, 0.4) is 0 Å². The zero-order valence-electron chi connectivity index (χ0n) is 16.4. The Kier molecular flexibility index (Phi) is 5.72. The molecule has 1 aliphatic rings. The number of esters is 1. The number of rotatable bonds is 6. The molecule has 2 N–H and O–H groups in total. The molecule has 0 aromatic heterocycles. The minimum atomic E-state index is -1.34. The van der Waals surface area contributed by atoms with Gasteiger partial charge in [-0.2, -0.15) is 0 Å². The van der Waals surface area contributed by atoms with E-state index >= 15 is 0 Å². The van der Waals surface area contributed by atoms with E-state index in [1.807, 2.05) is 6.07 Å². The number of benzene rings is 2. The van der Waals surface area contributed by atoms with Gasteiger partial charge in [-0.15, -0.1) is 0 Å². The van der Waals surface area contributed by atoms with Gasteiger partial charge in [0.2, 0.25) is 18.6 Å². The monoisotopic (exact) mass is 398 g/mol. The first-order valence-corrected chi connectivity index (χ1v) is 8.98. The lowest BCUT2D eigenvalue weighted by Crippen LogP contribution is -2.44. The second-order valence-corrected chi connectivity index (χ2v) is 7.02. The van der Waals surface area contributed by atoms with Crippen molar-refractivity contribution in [3.8, 4) is 11.5 Å². The number of ether oxygens (including phenoxy) is 3. The predicted molar refractivity (Wildman–Crippen MR) is 105 cm³/mol. The molecule has 2 aromatic carbocycles. The van der Waals surface area contributed by atoms with Gasteiger partial charge in [-0.3, -0.25) is 9.59 Å². The summed E-state index contributed by atoms with van der Waals surface area (Å²) in [5.41, 5.74) is 0.187. The molecule has 1 aliphatic heterocycles. The van der Waals surface area contributed by atoms with Crippen molar-refractivity contribution in [3.63, 3.8) is 0 Å². The maximum absolute atomic E-state index is 12.7. The van der Waals surface area contributed by atoms with Crippen molar-refractivity contribution in [2.24, 2.45) is 5.41 Å². The lowest BCUT2D eigenvalue weighted by Gasteiger charge is -2.23. The van der Waals surface area contributed by atoms with Crippen LogP contribution in [-0.4, -0.2) is 31.7 Å².